The van der Waals surface area contributed by atoms with Crippen LogP contribution in [0.4, 0.5) is 0 Å². The second-order valence-corrected chi connectivity index (χ2v) is 6.41. The molecule has 0 radical (unpaired) electrons. The van der Waals surface area contributed by atoms with Crippen molar-refractivity contribution in [2.45, 2.75) is 30.7 Å². The number of hydrogen-bond donors (Lipinski definition) is 1. The molecule has 1 unspecified atom stereocenters. The van der Waals surface area contributed by atoms with Gasteiger partial charge in [-0.3, -0.25) is 0 Å². The Morgan fingerprint density at radius 2 is 1.94 bits per heavy atom. The van der Waals surface area contributed by atoms with Gasteiger partial charge in [-0.2, -0.15) is 0 Å². The molecule has 3 nitrogen and oxygen atoms in total. The summed E-state index contributed by atoms with van der Waals surface area (Å²) in [6.07, 6.45) is 0.597. The van der Waals surface area contributed by atoms with Crippen LogP contribution in [0, 0.1) is 0 Å². The van der Waals surface area contributed by atoms with Crippen molar-refractivity contribution in [3.05, 3.63) is 29.3 Å². The molecule has 0 spiro atoms. The van der Waals surface area contributed by atoms with Gasteiger partial charge in [0.2, 0.25) is 10.0 Å². The summed E-state index contributed by atoms with van der Waals surface area (Å²) in [6.45, 7) is 3.63. The molecule has 0 aliphatic rings. The lowest BCUT2D eigenvalue weighted by Gasteiger charge is -2.26. The number of nitrogens with one attached hydrogen (secondary N) is 1. The highest BCUT2D eigenvalue weighted by atomic mass is 35.5. The molecule has 0 saturated heterocycles. The molecule has 0 aromatic heterocycles. The Bertz CT molecular complexity index is 484. The summed E-state index contributed by atoms with van der Waals surface area (Å²) in [5.41, 5.74) is -0.667. The first-order valence-corrected chi connectivity index (χ1v) is 7.59. The molecule has 0 bridgehead atoms. The highest BCUT2D eigenvalue weighted by Gasteiger charge is 2.29. The zero-order valence-electron chi connectivity index (χ0n) is 9.70. The highest BCUT2D eigenvalue weighted by Crippen LogP contribution is 2.23. The minimum atomic E-state index is -3.64. The minimum Gasteiger partial charge on any atom is -0.207 e. The van der Waals surface area contributed by atoms with Gasteiger partial charge in [-0.15, -0.1) is 11.6 Å². The molecular weight excluding hydrogens is 281 g/mol. The van der Waals surface area contributed by atoms with Crippen LogP contribution < -0.4 is 4.72 Å². The van der Waals surface area contributed by atoms with Gasteiger partial charge >= 0.3 is 0 Å². The lowest BCUT2D eigenvalue weighted by Crippen LogP contribution is -2.46. The average molecular weight is 296 g/mol. The molecule has 0 saturated carbocycles. The Morgan fingerprint density at radius 3 is 2.41 bits per heavy atom. The predicted molar refractivity (Wildman–Crippen MR) is 71.2 cm³/mol. The SMILES string of the molecule is CCC(C)(CCl)NS(=O)(=O)c1ccccc1Cl. The van der Waals surface area contributed by atoms with Gasteiger partial charge in [0.05, 0.1) is 5.02 Å². The third-order valence-corrected chi connectivity index (χ3v) is 5.31. The van der Waals surface area contributed by atoms with Crippen molar-refractivity contribution in [1.29, 1.82) is 0 Å². The van der Waals surface area contributed by atoms with Crippen LogP contribution in [-0.4, -0.2) is 19.8 Å². The molecule has 0 amide bonds. The van der Waals surface area contributed by atoms with E-state index in [-0.39, 0.29) is 15.8 Å². The number of alkyl halides is 1. The van der Waals surface area contributed by atoms with Gasteiger partial charge in [0.25, 0.3) is 0 Å². The van der Waals surface area contributed by atoms with Gasteiger partial charge in [-0.25, -0.2) is 13.1 Å². The fourth-order valence-electron chi connectivity index (χ4n) is 1.24. The standard InChI is InChI=1S/C11H15Cl2NO2S/c1-3-11(2,8-12)14-17(15,16)10-7-5-4-6-9(10)13/h4-7,14H,3,8H2,1-2H3. The summed E-state index contributed by atoms with van der Waals surface area (Å²) >= 11 is 11.7. The first-order chi connectivity index (χ1) is 7.84. The Labute approximate surface area is 112 Å². The number of sulfonamides is 1. The van der Waals surface area contributed by atoms with E-state index in [1.54, 1.807) is 25.1 Å². The van der Waals surface area contributed by atoms with Gasteiger partial charge in [0, 0.05) is 11.4 Å². The Hall–Kier alpha value is -0.290. The monoisotopic (exact) mass is 295 g/mol. The first-order valence-electron chi connectivity index (χ1n) is 5.19. The van der Waals surface area contributed by atoms with Crippen molar-refractivity contribution in [3.8, 4) is 0 Å². The van der Waals surface area contributed by atoms with E-state index in [2.05, 4.69) is 4.72 Å². The lowest BCUT2D eigenvalue weighted by molar-refractivity contribution is 0.444. The zero-order chi connectivity index (χ0) is 13.1. The molecule has 0 aliphatic heterocycles. The lowest BCUT2D eigenvalue weighted by atomic mass is 10.0. The molecule has 1 rings (SSSR count). The van der Waals surface area contributed by atoms with E-state index in [0.717, 1.165) is 0 Å². The van der Waals surface area contributed by atoms with Gasteiger partial charge in [0.1, 0.15) is 4.90 Å². The van der Waals surface area contributed by atoms with Crippen molar-refractivity contribution in [3.63, 3.8) is 0 Å². The second-order valence-electron chi connectivity index (χ2n) is 4.08. The van der Waals surface area contributed by atoms with E-state index < -0.39 is 15.6 Å². The third kappa shape index (κ3) is 3.58. The smallest absolute Gasteiger partial charge is 0.207 e. The number of rotatable bonds is 5. The van der Waals surface area contributed by atoms with Gasteiger partial charge in [-0.1, -0.05) is 30.7 Å². The largest absolute Gasteiger partial charge is 0.242 e. The summed E-state index contributed by atoms with van der Waals surface area (Å²) in [5.74, 6) is 0.202. The third-order valence-electron chi connectivity index (χ3n) is 2.58. The van der Waals surface area contributed by atoms with Crippen molar-refractivity contribution >= 4 is 33.2 Å². The van der Waals surface area contributed by atoms with Crippen LogP contribution in [0.25, 0.3) is 0 Å². The molecule has 0 heterocycles. The summed E-state index contributed by atoms with van der Waals surface area (Å²) in [6, 6.07) is 6.32. The van der Waals surface area contributed by atoms with Crippen LogP contribution in [0.2, 0.25) is 5.02 Å². The molecule has 96 valence electrons. The molecule has 1 aromatic carbocycles. The molecule has 17 heavy (non-hydrogen) atoms. The molecule has 0 fully saturated rings. The van der Waals surface area contributed by atoms with E-state index in [0.29, 0.717) is 6.42 Å². The maximum atomic E-state index is 12.1. The summed E-state index contributed by atoms with van der Waals surface area (Å²) < 4.78 is 26.8. The molecule has 1 N–H and O–H groups in total. The fourth-order valence-corrected chi connectivity index (χ4v) is 3.57. The maximum absolute atomic E-state index is 12.1. The van der Waals surface area contributed by atoms with Crippen molar-refractivity contribution in [2.75, 3.05) is 5.88 Å². The van der Waals surface area contributed by atoms with Crippen LogP contribution in [0.3, 0.4) is 0 Å². The van der Waals surface area contributed by atoms with Crippen LogP contribution in [0.15, 0.2) is 29.2 Å². The predicted octanol–water partition coefficient (Wildman–Crippen LogP) is 3.03. The van der Waals surface area contributed by atoms with Crippen molar-refractivity contribution < 1.29 is 8.42 Å². The molecular formula is C11H15Cl2NO2S. The maximum Gasteiger partial charge on any atom is 0.242 e. The number of halogens is 2. The van der Waals surface area contributed by atoms with E-state index in [1.807, 2.05) is 6.92 Å². The number of benzene rings is 1. The normalized spacial score (nSPS) is 15.5. The second kappa shape index (κ2) is 5.57. The Morgan fingerprint density at radius 1 is 1.35 bits per heavy atom. The van der Waals surface area contributed by atoms with Crippen LogP contribution in [-0.2, 0) is 10.0 Å². The van der Waals surface area contributed by atoms with E-state index >= 15 is 0 Å². The molecule has 6 heteroatoms. The van der Waals surface area contributed by atoms with Crippen LogP contribution in [0.1, 0.15) is 20.3 Å². The van der Waals surface area contributed by atoms with E-state index in [9.17, 15) is 8.42 Å². The average Bonchev–Trinajstić information content (AvgIpc) is 2.28. The molecule has 1 atom stereocenters. The fraction of sp³-hybridized carbons (Fsp3) is 0.455. The molecule has 0 aliphatic carbocycles. The van der Waals surface area contributed by atoms with E-state index in [4.69, 9.17) is 23.2 Å². The van der Waals surface area contributed by atoms with E-state index in [1.165, 1.54) is 6.07 Å². The Balaban J connectivity index is 3.10. The highest BCUT2D eigenvalue weighted by molar-refractivity contribution is 7.89. The summed E-state index contributed by atoms with van der Waals surface area (Å²) in [7, 11) is -3.64. The summed E-state index contributed by atoms with van der Waals surface area (Å²) in [5, 5.41) is 0.202. The van der Waals surface area contributed by atoms with Crippen LogP contribution >= 0.6 is 23.2 Å². The van der Waals surface area contributed by atoms with Crippen molar-refractivity contribution in [2.24, 2.45) is 0 Å². The Kier molecular flexibility index (Phi) is 4.84. The van der Waals surface area contributed by atoms with Gasteiger partial charge < -0.3 is 0 Å². The van der Waals surface area contributed by atoms with Crippen LogP contribution in [0.5, 0.6) is 0 Å². The first kappa shape index (κ1) is 14.8. The topological polar surface area (TPSA) is 46.2 Å². The van der Waals surface area contributed by atoms with Crippen molar-refractivity contribution in [1.82, 2.24) is 4.72 Å². The van der Waals surface area contributed by atoms with Gasteiger partial charge in [0.15, 0.2) is 0 Å². The van der Waals surface area contributed by atoms with Gasteiger partial charge in [-0.05, 0) is 25.5 Å². The quantitative estimate of drug-likeness (QED) is 0.849. The zero-order valence-corrected chi connectivity index (χ0v) is 12.0. The minimum absolute atomic E-state index is 0.0754. The molecule has 1 aromatic rings. The number of hydrogen-bond acceptors (Lipinski definition) is 2. The summed E-state index contributed by atoms with van der Waals surface area (Å²) in [4.78, 5) is 0.0754.